The minimum absolute atomic E-state index is 0. The van der Waals surface area contributed by atoms with Gasteiger partial charge < -0.3 is 11.1 Å². The van der Waals surface area contributed by atoms with E-state index in [0.717, 1.165) is 17.3 Å². The molecule has 0 atom stereocenters. The first-order chi connectivity index (χ1) is 7.68. The molecule has 5 heteroatoms. The predicted molar refractivity (Wildman–Crippen MR) is 74.4 cm³/mol. The Bertz CT molecular complexity index is 407. The van der Waals surface area contributed by atoms with Crippen molar-refractivity contribution in [3.05, 3.63) is 34.3 Å². The summed E-state index contributed by atoms with van der Waals surface area (Å²) >= 11 is 3.56. The molecule has 0 bridgehead atoms. The molecule has 1 aromatic carbocycles. The van der Waals surface area contributed by atoms with Gasteiger partial charge in [-0.25, -0.2) is 0 Å². The highest BCUT2D eigenvalue weighted by atomic mass is 79.9. The van der Waals surface area contributed by atoms with Crippen molar-refractivity contribution in [3.8, 4) is 0 Å². The molecule has 94 valence electrons. The lowest BCUT2D eigenvalue weighted by Gasteiger charge is -2.17. The standard InChI is InChI=1S/C12H15BrN2O.ClH/c13-10-4-2-1-3-9(10)12(5-6-12)8-15-11(16)7-14;/h1-4H,5-8,14H2,(H,15,16);1H. The fourth-order valence-corrected chi connectivity index (χ4v) is 2.63. The number of rotatable bonds is 4. The number of carbonyl (C=O) groups excluding carboxylic acids is 1. The molecule has 1 saturated carbocycles. The van der Waals surface area contributed by atoms with Gasteiger partial charge in [0, 0.05) is 16.4 Å². The summed E-state index contributed by atoms with van der Waals surface area (Å²) in [6, 6.07) is 8.19. The van der Waals surface area contributed by atoms with Crippen LogP contribution >= 0.6 is 28.3 Å². The summed E-state index contributed by atoms with van der Waals surface area (Å²) in [5.41, 5.74) is 6.68. The normalized spacial score (nSPS) is 15.9. The maximum atomic E-state index is 11.2. The van der Waals surface area contributed by atoms with E-state index in [0.29, 0.717) is 6.54 Å². The van der Waals surface area contributed by atoms with Crippen LogP contribution in [0.3, 0.4) is 0 Å². The number of carbonyl (C=O) groups is 1. The van der Waals surface area contributed by atoms with Crippen LogP contribution in [-0.2, 0) is 10.2 Å². The summed E-state index contributed by atoms with van der Waals surface area (Å²) in [7, 11) is 0. The van der Waals surface area contributed by atoms with E-state index in [1.54, 1.807) is 0 Å². The third-order valence-corrected chi connectivity index (χ3v) is 3.80. The van der Waals surface area contributed by atoms with Crippen LogP contribution < -0.4 is 11.1 Å². The molecular weight excluding hydrogens is 304 g/mol. The summed E-state index contributed by atoms with van der Waals surface area (Å²) in [6.45, 7) is 0.748. The van der Waals surface area contributed by atoms with Gasteiger partial charge in [0.2, 0.25) is 5.91 Å². The molecule has 0 radical (unpaired) electrons. The Balaban J connectivity index is 0.00000144. The van der Waals surface area contributed by atoms with Gasteiger partial charge in [-0.05, 0) is 24.5 Å². The van der Waals surface area contributed by atoms with Crippen LogP contribution in [0.15, 0.2) is 28.7 Å². The summed E-state index contributed by atoms with van der Waals surface area (Å²) in [4.78, 5) is 11.2. The van der Waals surface area contributed by atoms with Gasteiger partial charge in [0.05, 0.1) is 6.54 Å². The molecule has 2 rings (SSSR count). The number of amides is 1. The van der Waals surface area contributed by atoms with Crippen LogP contribution in [0.5, 0.6) is 0 Å². The monoisotopic (exact) mass is 318 g/mol. The van der Waals surface area contributed by atoms with Crippen LogP contribution in [0, 0.1) is 0 Å². The number of nitrogens with two attached hydrogens (primary N) is 1. The Hall–Kier alpha value is -0.580. The van der Waals surface area contributed by atoms with E-state index in [9.17, 15) is 4.79 Å². The zero-order valence-electron chi connectivity index (χ0n) is 9.41. The predicted octanol–water partition coefficient (Wildman–Crippen LogP) is 1.98. The Morgan fingerprint density at radius 1 is 1.41 bits per heavy atom. The van der Waals surface area contributed by atoms with Crippen molar-refractivity contribution in [2.24, 2.45) is 5.73 Å². The number of hydrogen-bond donors (Lipinski definition) is 2. The first kappa shape index (κ1) is 14.5. The van der Waals surface area contributed by atoms with E-state index in [1.807, 2.05) is 18.2 Å². The fourth-order valence-electron chi connectivity index (χ4n) is 1.92. The fraction of sp³-hybridized carbons (Fsp3) is 0.417. The van der Waals surface area contributed by atoms with E-state index < -0.39 is 0 Å². The molecule has 17 heavy (non-hydrogen) atoms. The Kier molecular flexibility index (Phi) is 4.98. The minimum atomic E-state index is -0.0849. The van der Waals surface area contributed by atoms with Crippen LogP contribution in [0.2, 0.25) is 0 Å². The smallest absolute Gasteiger partial charge is 0.233 e. The average molecular weight is 320 g/mol. The molecule has 1 fully saturated rings. The second-order valence-corrected chi connectivity index (χ2v) is 5.10. The molecule has 0 unspecified atom stereocenters. The number of benzene rings is 1. The minimum Gasteiger partial charge on any atom is -0.354 e. The second kappa shape index (κ2) is 5.85. The van der Waals surface area contributed by atoms with Crippen LogP contribution in [0.25, 0.3) is 0 Å². The van der Waals surface area contributed by atoms with Gasteiger partial charge in [0.25, 0.3) is 0 Å². The third-order valence-electron chi connectivity index (χ3n) is 3.11. The van der Waals surface area contributed by atoms with E-state index >= 15 is 0 Å². The van der Waals surface area contributed by atoms with Gasteiger partial charge in [-0.3, -0.25) is 4.79 Å². The topological polar surface area (TPSA) is 55.1 Å². The Morgan fingerprint density at radius 2 is 2.06 bits per heavy atom. The lowest BCUT2D eigenvalue weighted by molar-refractivity contribution is -0.119. The second-order valence-electron chi connectivity index (χ2n) is 4.24. The van der Waals surface area contributed by atoms with Crippen molar-refractivity contribution >= 4 is 34.2 Å². The summed E-state index contributed by atoms with van der Waals surface area (Å²) in [5, 5.41) is 2.88. The van der Waals surface area contributed by atoms with E-state index in [-0.39, 0.29) is 30.3 Å². The molecule has 1 amide bonds. The lowest BCUT2D eigenvalue weighted by Crippen LogP contribution is -2.36. The van der Waals surface area contributed by atoms with Gasteiger partial charge in [-0.15, -0.1) is 12.4 Å². The molecule has 1 aromatic rings. The highest BCUT2D eigenvalue weighted by Crippen LogP contribution is 2.49. The van der Waals surface area contributed by atoms with Crippen LogP contribution in [-0.4, -0.2) is 19.0 Å². The van der Waals surface area contributed by atoms with Crippen molar-refractivity contribution in [2.75, 3.05) is 13.1 Å². The molecule has 1 aliphatic rings. The first-order valence-corrected chi connectivity index (χ1v) is 6.19. The summed E-state index contributed by atoms with van der Waals surface area (Å²) in [6.07, 6.45) is 2.25. The van der Waals surface area contributed by atoms with Gasteiger partial charge >= 0.3 is 0 Å². The summed E-state index contributed by atoms with van der Waals surface area (Å²) in [5.74, 6) is -0.0849. The molecule has 0 aromatic heterocycles. The number of hydrogen-bond acceptors (Lipinski definition) is 2. The molecular formula is C12H16BrClN2O. The summed E-state index contributed by atoms with van der Waals surface area (Å²) < 4.78 is 1.12. The lowest BCUT2D eigenvalue weighted by atomic mass is 9.96. The van der Waals surface area contributed by atoms with Gasteiger partial charge in [-0.2, -0.15) is 0 Å². The average Bonchev–Trinajstić information content (AvgIpc) is 3.07. The van der Waals surface area contributed by atoms with Gasteiger partial charge in [-0.1, -0.05) is 34.1 Å². The van der Waals surface area contributed by atoms with Crippen LogP contribution in [0.1, 0.15) is 18.4 Å². The molecule has 0 heterocycles. The quantitative estimate of drug-likeness (QED) is 0.891. The van der Waals surface area contributed by atoms with Crippen LogP contribution in [0.4, 0.5) is 0 Å². The highest BCUT2D eigenvalue weighted by molar-refractivity contribution is 9.10. The molecule has 3 N–H and O–H groups in total. The maximum absolute atomic E-state index is 11.2. The van der Waals surface area contributed by atoms with E-state index in [1.165, 1.54) is 5.56 Å². The highest BCUT2D eigenvalue weighted by Gasteiger charge is 2.45. The maximum Gasteiger partial charge on any atom is 0.233 e. The number of nitrogens with one attached hydrogen (secondary N) is 1. The Morgan fingerprint density at radius 3 is 2.59 bits per heavy atom. The SMILES string of the molecule is Cl.NCC(=O)NCC1(c2ccccc2Br)CC1. The zero-order valence-corrected chi connectivity index (χ0v) is 11.8. The van der Waals surface area contributed by atoms with Crippen molar-refractivity contribution < 1.29 is 4.79 Å². The first-order valence-electron chi connectivity index (χ1n) is 5.40. The van der Waals surface area contributed by atoms with Crippen molar-refractivity contribution in [1.82, 2.24) is 5.32 Å². The molecule has 0 aliphatic heterocycles. The third kappa shape index (κ3) is 3.21. The largest absolute Gasteiger partial charge is 0.354 e. The molecule has 3 nitrogen and oxygen atoms in total. The van der Waals surface area contributed by atoms with Gasteiger partial charge in [0.1, 0.15) is 0 Å². The van der Waals surface area contributed by atoms with Crippen molar-refractivity contribution in [3.63, 3.8) is 0 Å². The number of halogens is 2. The molecule has 0 saturated heterocycles. The Labute approximate surface area is 116 Å². The van der Waals surface area contributed by atoms with E-state index in [2.05, 4.69) is 27.3 Å². The van der Waals surface area contributed by atoms with Crippen molar-refractivity contribution in [2.45, 2.75) is 18.3 Å². The molecule has 0 spiro atoms. The zero-order chi connectivity index (χ0) is 11.6. The van der Waals surface area contributed by atoms with Gasteiger partial charge in [0.15, 0.2) is 0 Å². The molecule has 1 aliphatic carbocycles. The van der Waals surface area contributed by atoms with Crippen molar-refractivity contribution in [1.29, 1.82) is 0 Å². The van der Waals surface area contributed by atoms with E-state index in [4.69, 9.17) is 5.73 Å².